The van der Waals surface area contributed by atoms with Gasteiger partial charge in [0.25, 0.3) is 5.91 Å². The Labute approximate surface area is 121 Å². The maximum atomic E-state index is 12.4. The third-order valence-electron chi connectivity index (χ3n) is 4.19. The number of hydroxylamine groups is 2. The minimum Gasteiger partial charge on any atom is -0.478 e. The maximum Gasteiger partial charge on any atom is 0.336 e. The Kier molecular flexibility index (Phi) is 3.25. The van der Waals surface area contributed by atoms with Gasteiger partial charge in [-0.3, -0.25) is 10.0 Å². The molecule has 0 saturated heterocycles. The minimum absolute atomic E-state index is 0.0240. The Morgan fingerprint density at radius 3 is 2.52 bits per heavy atom. The second kappa shape index (κ2) is 4.96. The van der Waals surface area contributed by atoms with Gasteiger partial charge in [-0.25, -0.2) is 9.79 Å². The van der Waals surface area contributed by atoms with E-state index in [4.69, 9.17) is 0 Å². The van der Waals surface area contributed by atoms with Gasteiger partial charge in [-0.2, -0.15) is 5.06 Å². The van der Waals surface area contributed by atoms with Gasteiger partial charge in [-0.15, -0.1) is 0 Å². The third-order valence-corrected chi connectivity index (χ3v) is 4.19. The molecule has 21 heavy (non-hydrogen) atoms. The van der Waals surface area contributed by atoms with E-state index in [9.17, 15) is 19.9 Å². The van der Waals surface area contributed by atoms with Crippen molar-refractivity contribution in [3.05, 3.63) is 35.4 Å². The average Bonchev–Trinajstić information content (AvgIpc) is 2.73. The van der Waals surface area contributed by atoms with Crippen LogP contribution < -0.4 is 0 Å². The standard InChI is InChI=1S/C15H16N2O4/c18-13(19)11-7-3-2-6-10(11)12-16-15(14(20)17(12)21)8-4-1-5-9-15/h2-3,6-7,21H,1,4-5,8-9H2,(H,18,19). The number of hydrogen-bond donors (Lipinski definition) is 2. The van der Waals surface area contributed by atoms with Crippen molar-refractivity contribution in [3.8, 4) is 0 Å². The highest BCUT2D eigenvalue weighted by Gasteiger charge is 2.49. The van der Waals surface area contributed by atoms with E-state index < -0.39 is 17.4 Å². The minimum atomic E-state index is -1.11. The second-order valence-electron chi connectivity index (χ2n) is 5.50. The van der Waals surface area contributed by atoms with Crippen LogP contribution in [-0.2, 0) is 4.79 Å². The van der Waals surface area contributed by atoms with E-state index in [0.717, 1.165) is 19.3 Å². The van der Waals surface area contributed by atoms with Crippen molar-refractivity contribution >= 4 is 17.7 Å². The summed E-state index contributed by atoms with van der Waals surface area (Å²) >= 11 is 0. The fourth-order valence-corrected chi connectivity index (χ4v) is 3.09. The van der Waals surface area contributed by atoms with E-state index in [1.165, 1.54) is 6.07 Å². The number of carbonyl (C=O) groups is 2. The number of hydrogen-bond acceptors (Lipinski definition) is 4. The zero-order valence-corrected chi connectivity index (χ0v) is 11.5. The van der Waals surface area contributed by atoms with Crippen LogP contribution in [0.1, 0.15) is 48.0 Å². The monoisotopic (exact) mass is 288 g/mol. The van der Waals surface area contributed by atoms with Crippen molar-refractivity contribution in [2.24, 2.45) is 4.99 Å². The molecule has 110 valence electrons. The molecular formula is C15H16N2O4. The lowest BCUT2D eigenvalue weighted by atomic mass is 9.82. The number of nitrogens with zero attached hydrogens (tertiary/aromatic N) is 2. The number of carboxylic acids is 1. The largest absolute Gasteiger partial charge is 0.478 e. The molecule has 1 aromatic carbocycles. The molecular weight excluding hydrogens is 272 g/mol. The van der Waals surface area contributed by atoms with Gasteiger partial charge >= 0.3 is 5.97 Å². The molecule has 0 atom stereocenters. The normalized spacial score (nSPS) is 20.7. The number of amides is 1. The summed E-state index contributed by atoms with van der Waals surface area (Å²) < 4.78 is 0. The van der Waals surface area contributed by atoms with Gasteiger partial charge in [0.1, 0.15) is 5.54 Å². The first-order chi connectivity index (χ1) is 10.1. The molecule has 1 amide bonds. The van der Waals surface area contributed by atoms with Crippen LogP contribution >= 0.6 is 0 Å². The van der Waals surface area contributed by atoms with Gasteiger partial charge in [-0.05, 0) is 18.9 Å². The van der Waals surface area contributed by atoms with Crippen molar-refractivity contribution in [2.75, 3.05) is 0 Å². The predicted octanol–water partition coefficient (Wildman–Crippen LogP) is 2.07. The van der Waals surface area contributed by atoms with Crippen LogP contribution in [0.5, 0.6) is 0 Å². The number of benzene rings is 1. The number of carboxylic acid groups (broad SMARTS) is 1. The summed E-state index contributed by atoms with van der Waals surface area (Å²) in [6.07, 6.45) is 4.02. The van der Waals surface area contributed by atoms with Crippen molar-refractivity contribution in [1.82, 2.24) is 5.06 Å². The molecule has 3 rings (SSSR count). The molecule has 6 heteroatoms. The average molecular weight is 288 g/mol. The fourth-order valence-electron chi connectivity index (χ4n) is 3.09. The molecule has 0 radical (unpaired) electrons. The number of aliphatic imine (C=N–C) groups is 1. The van der Waals surface area contributed by atoms with E-state index in [1.807, 2.05) is 0 Å². The van der Waals surface area contributed by atoms with Crippen molar-refractivity contribution in [2.45, 2.75) is 37.6 Å². The van der Waals surface area contributed by atoms with Crippen LogP contribution in [0.4, 0.5) is 0 Å². The topological polar surface area (TPSA) is 90.2 Å². The Morgan fingerprint density at radius 1 is 1.19 bits per heavy atom. The highest BCUT2D eigenvalue weighted by Crippen LogP contribution is 2.38. The van der Waals surface area contributed by atoms with E-state index in [1.54, 1.807) is 18.2 Å². The van der Waals surface area contributed by atoms with E-state index >= 15 is 0 Å². The molecule has 0 aromatic heterocycles. The lowest BCUT2D eigenvalue weighted by Crippen LogP contribution is -2.42. The molecule has 2 aliphatic rings. The quantitative estimate of drug-likeness (QED) is 0.815. The molecule has 1 aromatic rings. The van der Waals surface area contributed by atoms with Gasteiger partial charge in [-0.1, -0.05) is 37.5 Å². The first-order valence-electron chi connectivity index (χ1n) is 7.01. The Bertz CT molecular complexity index is 632. The summed E-state index contributed by atoms with van der Waals surface area (Å²) in [6, 6.07) is 6.25. The van der Waals surface area contributed by atoms with Crippen LogP contribution in [0.3, 0.4) is 0 Å². The smallest absolute Gasteiger partial charge is 0.336 e. The van der Waals surface area contributed by atoms with E-state index in [2.05, 4.69) is 4.99 Å². The summed E-state index contributed by atoms with van der Waals surface area (Å²) in [5.41, 5.74) is -0.618. The first-order valence-corrected chi connectivity index (χ1v) is 7.01. The summed E-state index contributed by atoms with van der Waals surface area (Å²) in [6.45, 7) is 0. The predicted molar refractivity (Wildman–Crippen MR) is 74.4 cm³/mol. The number of amidine groups is 1. The van der Waals surface area contributed by atoms with E-state index in [-0.39, 0.29) is 17.0 Å². The second-order valence-corrected chi connectivity index (χ2v) is 5.50. The molecule has 1 fully saturated rings. The summed E-state index contributed by atoms with van der Waals surface area (Å²) in [5.74, 6) is -1.52. The van der Waals surface area contributed by atoms with Gasteiger partial charge < -0.3 is 5.11 Å². The molecule has 0 bridgehead atoms. The van der Waals surface area contributed by atoms with Gasteiger partial charge in [0.05, 0.1) is 5.56 Å². The number of aromatic carboxylic acids is 1. The van der Waals surface area contributed by atoms with Crippen LogP contribution in [-0.4, -0.2) is 38.6 Å². The van der Waals surface area contributed by atoms with Gasteiger partial charge in [0, 0.05) is 5.56 Å². The SMILES string of the molecule is O=C(O)c1ccccc1C1=NC2(CCCCC2)C(=O)N1O. The lowest BCUT2D eigenvalue weighted by Gasteiger charge is -2.27. The number of carbonyl (C=O) groups excluding carboxylic acids is 1. The van der Waals surface area contributed by atoms with Crippen molar-refractivity contribution in [3.63, 3.8) is 0 Å². The molecule has 1 saturated carbocycles. The zero-order valence-electron chi connectivity index (χ0n) is 11.5. The highest BCUT2D eigenvalue weighted by atomic mass is 16.5. The maximum absolute atomic E-state index is 12.4. The van der Waals surface area contributed by atoms with Crippen LogP contribution in [0.2, 0.25) is 0 Å². The van der Waals surface area contributed by atoms with Crippen LogP contribution in [0, 0.1) is 0 Å². The summed E-state index contributed by atoms with van der Waals surface area (Å²) in [4.78, 5) is 28.1. The molecule has 6 nitrogen and oxygen atoms in total. The van der Waals surface area contributed by atoms with Crippen LogP contribution in [0.15, 0.2) is 29.3 Å². The van der Waals surface area contributed by atoms with Gasteiger partial charge in [0.15, 0.2) is 5.84 Å². The molecule has 1 spiro atoms. The van der Waals surface area contributed by atoms with Crippen LogP contribution in [0.25, 0.3) is 0 Å². The van der Waals surface area contributed by atoms with Crippen molar-refractivity contribution in [1.29, 1.82) is 0 Å². The Balaban J connectivity index is 2.08. The summed E-state index contributed by atoms with van der Waals surface area (Å²) in [5, 5.41) is 19.9. The molecule has 1 heterocycles. The Morgan fingerprint density at radius 2 is 1.86 bits per heavy atom. The van der Waals surface area contributed by atoms with Crippen molar-refractivity contribution < 1.29 is 19.9 Å². The lowest BCUT2D eigenvalue weighted by molar-refractivity contribution is -0.152. The number of rotatable bonds is 2. The fraction of sp³-hybridized carbons (Fsp3) is 0.400. The first kappa shape index (κ1) is 13.8. The molecule has 1 aliphatic heterocycles. The molecule has 0 unspecified atom stereocenters. The molecule has 2 N–H and O–H groups in total. The van der Waals surface area contributed by atoms with E-state index in [0.29, 0.717) is 17.9 Å². The summed E-state index contributed by atoms with van der Waals surface area (Å²) in [7, 11) is 0. The van der Waals surface area contributed by atoms with Gasteiger partial charge in [0.2, 0.25) is 0 Å². The molecule has 1 aliphatic carbocycles. The zero-order chi connectivity index (χ0) is 15.0. The Hall–Kier alpha value is -2.21. The third kappa shape index (κ3) is 2.12. The highest BCUT2D eigenvalue weighted by molar-refractivity contribution is 6.17.